The third-order valence-corrected chi connectivity index (χ3v) is 2.69. The van der Waals surface area contributed by atoms with Gasteiger partial charge >= 0.3 is 0 Å². The molecule has 0 radical (unpaired) electrons. The largest absolute Gasteiger partial charge is 0.397 e. The Labute approximate surface area is 98.6 Å². The highest BCUT2D eigenvalue weighted by molar-refractivity contribution is 6.33. The maximum atomic E-state index is 13.9. The summed E-state index contributed by atoms with van der Waals surface area (Å²) < 4.78 is 13.9. The van der Waals surface area contributed by atoms with Crippen molar-refractivity contribution < 1.29 is 9.50 Å². The van der Waals surface area contributed by atoms with E-state index in [0.717, 1.165) is 0 Å². The molecule has 0 aliphatic heterocycles. The Bertz CT molecular complexity index is 387. The molecule has 1 aromatic carbocycles. The molecule has 1 aromatic rings. The van der Waals surface area contributed by atoms with E-state index in [1.54, 1.807) is 4.90 Å². The van der Waals surface area contributed by atoms with Crippen molar-refractivity contribution in [2.45, 2.75) is 6.92 Å². The van der Waals surface area contributed by atoms with Crippen molar-refractivity contribution in [3.63, 3.8) is 0 Å². The predicted molar refractivity (Wildman–Crippen MR) is 65.2 cm³/mol. The van der Waals surface area contributed by atoms with Crippen molar-refractivity contribution in [1.29, 1.82) is 0 Å². The number of aliphatic hydroxyl groups excluding tert-OH is 1. The van der Waals surface area contributed by atoms with Crippen LogP contribution >= 0.6 is 11.6 Å². The fourth-order valence-electron chi connectivity index (χ4n) is 1.53. The lowest BCUT2D eigenvalue weighted by Crippen LogP contribution is -2.28. The highest BCUT2D eigenvalue weighted by Gasteiger charge is 2.18. The van der Waals surface area contributed by atoms with Crippen LogP contribution in [-0.4, -0.2) is 24.8 Å². The Kier molecular flexibility index (Phi) is 4.20. The summed E-state index contributed by atoms with van der Waals surface area (Å²) in [6.45, 7) is 2.55. The average molecular weight is 248 g/mol. The van der Waals surface area contributed by atoms with Gasteiger partial charge in [-0.25, -0.2) is 4.39 Å². The van der Waals surface area contributed by atoms with Crippen LogP contribution in [0.5, 0.6) is 0 Å². The summed E-state index contributed by atoms with van der Waals surface area (Å²) in [5.74, 6) is -0.644. The molecule has 0 heterocycles. The quantitative estimate of drug-likeness (QED) is 0.704. The Hall–Kier alpha value is -1.20. The number of likely N-dealkylation sites (N-methyl/N-ethyl adjacent to an activating group) is 1. The highest BCUT2D eigenvalue weighted by Crippen LogP contribution is 2.35. The van der Waals surface area contributed by atoms with E-state index in [-0.39, 0.29) is 35.2 Å². The van der Waals surface area contributed by atoms with Gasteiger partial charge in [0.25, 0.3) is 0 Å². The number of rotatable bonds is 4. The van der Waals surface area contributed by atoms with Crippen LogP contribution in [-0.2, 0) is 0 Å². The normalized spacial score (nSPS) is 10.5. The topological polar surface area (TPSA) is 75.5 Å². The predicted octanol–water partition coefficient (Wildman–Crippen LogP) is 1.46. The summed E-state index contributed by atoms with van der Waals surface area (Å²) in [7, 11) is 0. The summed E-state index contributed by atoms with van der Waals surface area (Å²) in [5, 5.41) is 8.73. The standard InChI is InChI=1S/C10H15ClFN3O/c1-2-15(3-4-16)10-7(14)5-6(13)8(11)9(10)12/h5,16H,2-4,13-14H2,1H3. The molecule has 1 rings (SSSR count). The molecule has 0 amide bonds. The lowest BCUT2D eigenvalue weighted by Gasteiger charge is -2.24. The minimum Gasteiger partial charge on any atom is -0.397 e. The Morgan fingerprint density at radius 1 is 1.44 bits per heavy atom. The maximum Gasteiger partial charge on any atom is 0.169 e. The molecule has 5 N–H and O–H groups in total. The van der Waals surface area contributed by atoms with Crippen LogP contribution in [0.1, 0.15) is 6.92 Å². The molecule has 0 aromatic heterocycles. The van der Waals surface area contributed by atoms with Gasteiger partial charge < -0.3 is 21.5 Å². The zero-order valence-electron chi connectivity index (χ0n) is 9.00. The van der Waals surface area contributed by atoms with Gasteiger partial charge in [-0.05, 0) is 13.0 Å². The third-order valence-electron chi connectivity index (χ3n) is 2.31. The Morgan fingerprint density at radius 2 is 2.06 bits per heavy atom. The number of nitrogen functional groups attached to an aromatic ring is 2. The van der Waals surface area contributed by atoms with E-state index in [2.05, 4.69) is 0 Å². The van der Waals surface area contributed by atoms with E-state index >= 15 is 0 Å². The smallest absolute Gasteiger partial charge is 0.169 e. The van der Waals surface area contributed by atoms with Gasteiger partial charge in [-0.2, -0.15) is 0 Å². The van der Waals surface area contributed by atoms with Gasteiger partial charge in [-0.1, -0.05) is 11.6 Å². The molecule has 0 bridgehead atoms. The number of nitrogens with zero attached hydrogens (tertiary/aromatic N) is 1. The number of benzene rings is 1. The Morgan fingerprint density at radius 3 is 2.56 bits per heavy atom. The van der Waals surface area contributed by atoms with Gasteiger partial charge in [0.1, 0.15) is 5.02 Å². The van der Waals surface area contributed by atoms with E-state index in [1.165, 1.54) is 6.07 Å². The molecule has 0 unspecified atom stereocenters. The molecule has 0 fully saturated rings. The van der Waals surface area contributed by atoms with E-state index in [0.29, 0.717) is 6.54 Å². The van der Waals surface area contributed by atoms with Gasteiger partial charge in [0.15, 0.2) is 5.82 Å². The maximum absolute atomic E-state index is 13.9. The zero-order valence-corrected chi connectivity index (χ0v) is 9.76. The van der Waals surface area contributed by atoms with Crippen LogP contribution in [0.3, 0.4) is 0 Å². The summed E-state index contributed by atoms with van der Waals surface area (Å²) in [4.78, 5) is 1.61. The summed E-state index contributed by atoms with van der Waals surface area (Å²) in [6.07, 6.45) is 0. The molecule has 0 aliphatic carbocycles. The zero-order chi connectivity index (χ0) is 12.3. The van der Waals surface area contributed by atoms with Gasteiger partial charge in [0.2, 0.25) is 0 Å². The molecule has 0 aliphatic rings. The van der Waals surface area contributed by atoms with Crippen molar-refractivity contribution in [2.24, 2.45) is 0 Å². The molecule has 6 heteroatoms. The lowest BCUT2D eigenvalue weighted by molar-refractivity contribution is 0.302. The minimum atomic E-state index is -0.644. The van der Waals surface area contributed by atoms with Crippen molar-refractivity contribution >= 4 is 28.7 Å². The fraction of sp³-hybridized carbons (Fsp3) is 0.400. The van der Waals surface area contributed by atoms with E-state index in [4.69, 9.17) is 28.2 Å². The van der Waals surface area contributed by atoms with Crippen molar-refractivity contribution in [2.75, 3.05) is 36.1 Å². The van der Waals surface area contributed by atoms with Crippen molar-refractivity contribution in [3.05, 3.63) is 16.9 Å². The number of hydrogen-bond acceptors (Lipinski definition) is 4. The number of anilines is 3. The number of nitrogens with two attached hydrogens (primary N) is 2. The van der Waals surface area contributed by atoms with E-state index in [1.807, 2.05) is 6.92 Å². The van der Waals surface area contributed by atoms with Crippen LogP contribution in [0.4, 0.5) is 21.5 Å². The fourth-order valence-corrected chi connectivity index (χ4v) is 1.67. The molecule has 0 spiro atoms. The SMILES string of the molecule is CCN(CCO)c1c(N)cc(N)c(Cl)c1F. The van der Waals surface area contributed by atoms with Crippen LogP contribution in [0.25, 0.3) is 0 Å². The van der Waals surface area contributed by atoms with Crippen molar-refractivity contribution in [3.8, 4) is 0 Å². The summed E-state index contributed by atoms with van der Waals surface area (Å²) in [6, 6.07) is 1.42. The minimum absolute atomic E-state index is 0.0886. The molecule has 16 heavy (non-hydrogen) atoms. The second kappa shape index (κ2) is 5.23. The van der Waals surface area contributed by atoms with Gasteiger partial charge in [-0.3, -0.25) is 0 Å². The first kappa shape index (κ1) is 12.9. The first-order chi connectivity index (χ1) is 7.52. The molecular weight excluding hydrogens is 233 g/mol. The second-order valence-corrected chi connectivity index (χ2v) is 3.71. The van der Waals surface area contributed by atoms with Gasteiger partial charge in [0.05, 0.1) is 23.7 Å². The van der Waals surface area contributed by atoms with Gasteiger partial charge in [0, 0.05) is 13.1 Å². The molecule has 0 saturated carbocycles. The molecular formula is C10H15ClFN3O. The first-order valence-corrected chi connectivity index (χ1v) is 5.29. The first-order valence-electron chi connectivity index (χ1n) is 4.91. The van der Waals surface area contributed by atoms with Crippen molar-refractivity contribution in [1.82, 2.24) is 0 Å². The number of aliphatic hydroxyl groups is 1. The lowest BCUT2D eigenvalue weighted by atomic mass is 10.2. The average Bonchev–Trinajstić information content (AvgIpc) is 2.25. The number of halogens is 2. The highest BCUT2D eigenvalue weighted by atomic mass is 35.5. The molecule has 0 saturated heterocycles. The number of hydrogen-bond donors (Lipinski definition) is 3. The van der Waals surface area contributed by atoms with E-state index < -0.39 is 5.82 Å². The summed E-state index contributed by atoms with van der Waals surface area (Å²) in [5.41, 5.74) is 11.7. The van der Waals surface area contributed by atoms with Crippen LogP contribution in [0, 0.1) is 5.82 Å². The summed E-state index contributed by atoms with van der Waals surface area (Å²) >= 11 is 5.71. The molecule has 90 valence electrons. The van der Waals surface area contributed by atoms with Crippen LogP contribution < -0.4 is 16.4 Å². The van der Waals surface area contributed by atoms with Gasteiger partial charge in [-0.15, -0.1) is 0 Å². The third kappa shape index (κ3) is 2.31. The van der Waals surface area contributed by atoms with Crippen LogP contribution in [0.15, 0.2) is 6.07 Å². The van der Waals surface area contributed by atoms with Crippen LogP contribution in [0.2, 0.25) is 5.02 Å². The van der Waals surface area contributed by atoms with E-state index in [9.17, 15) is 4.39 Å². The second-order valence-electron chi connectivity index (χ2n) is 3.33. The molecule has 4 nitrogen and oxygen atoms in total. The monoisotopic (exact) mass is 247 g/mol. The molecule has 0 atom stereocenters. The Balaban J connectivity index is 3.26.